The summed E-state index contributed by atoms with van der Waals surface area (Å²) in [6, 6.07) is 8.40. The molecule has 0 radical (unpaired) electrons. The minimum Gasteiger partial charge on any atom is -0.508 e. The van der Waals surface area contributed by atoms with Crippen molar-refractivity contribution in [3.8, 4) is 28.4 Å². The molecule has 0 saturated carbocycles. The predicted molar refractivity (Wildman–Crippen MR) is 301 cm³/mol. The molecule has 21 saturated heterocycles. The maximum absolute atomic E-state index is 12.4. The van der Waals surface area contributed by atoms with Gasteiger partial charge in [0.15, 0.2) is 44.0 Å². The van der Waals surface area contributed by atoms with E-state index in [0.29, 0.717) is 5.56 Å². The van der Waals surface area contributed by atoms with Crippen LogP contribution in [0.15, 0.2) is 51.9 Å². The number of fused-ring (bicyclic) bond motifs is 1. The smallest absolute Gasteiger partial charge is 0.204 e. The van der Waals surface area contributed by atoms with Crippen molar-refractivity contribution >= 4 is 11.0 Å². The number of aromatic hydroxyl groups is 3. The van der Waals surface area contributed by atoms with Crippen molar-refractivity contribution in [2.24, 2.45) is 0 Å². The lowest BCUT2D eigenvalue weighted by molar-refractivity contribution is -0.396. The highest BCUT2D eigenvalue weighted by atomic mass is 16.8. The SMILES string of the molecule is O=c1c(-c2ccc(O)cc2)coc2cc(O)cc(O)c12.OC[C@H]1O[C@@H]2O[C@H]3[C@H](O)[C@@H](O)[C@@H](O[C@H]4[C@H](O)[C@@H](O)[C@@H](O[C@H]5[C@H](O)[C@@H](O)[C@@H](O[C@H]6[C@H](O)[C@@H](O)[C@@H](O[C@H]7[C@H](O)[C@@H](O)[C@@H](O[C@H]8[C@H](O)[C@@H](O)[C@@H](O[C@H]1[C@H](O)[C@H]2O)O[C@@H]8CO)O[C@@H]7CO)O[C@@H]6CO)O[C@@H]5CO)O[C@@H]4CO)O[C@@H]3CO. The second kappa shape index (κ2) is 31.9. The third kappa shape index (κ3) is 15.1. The molecule has 2 aromatic carbocycles. The molecule has 40 heteroatoms. The summed E-state index contributed by atoms with van der Waals surface area (Å²) in [5.41, 5.74) is 0.522. The van der Waals surface area contributed by atoms with Crippen LogP contribution in [0.3, 0.4) is 0 Å². The minimum atomic E-state index is -2.21. The monoisotopic (exact) mass is 1400 g/mol. The van der Waals surface area contributed by atoms with Gasteiger partial charge in [0, 0.05) is 12.1 Å². The van der Waals surface area contributed by atoms with Crippen LogP contribution in [0.4, 0.5) is 0 Å². The van der Waals surface area contributed by atoms with Crippen molar-refractivity contribution in [2.45, 2.75) is 215 Å². The summed E-state index contributed by atoms with van der Waals surface area (Å²) in [7, 11) is 0. The number of phenolic OH excluding ortho intramolecular Hbond substituents is 3. The zero-order valence-corrected chi connectivity index (χ0v) is 50.5. The summed E-state index contributed by atoms with van der Waals surface area (Å²) in [5, 5.41) is 259. The van der Waals surface area contributed by atoms with Gasteiger partial charge in [0.1, 0.15) is 205 Å². The van der Waals surface area contributed by atoms with Gasteiger partial charge in [-0.05, 0) is 17.7 Å². The second-order valence-corrected chi connectivity index (χ2v) is 24.0. The first-order valence-electron chi connectivity index (χ1n) is 30.4. The summed E-state index contributed by atoms with van der Waals surface area (Å²) in [6.07, 6.45) is -69.0. The van der Waals surface area contributed by atoms with Crippen LogP contribution in [0, 0.1) is 0 Å². The number of rotatable bonds is 8. The standard InChI is InChI=1S/C42H70O35.C15H10O5/c43-1-8-29-15(50)22(57)36(64-8)72-30-9(2-44)66-38(24(59)17(30)52)74-32-11(4-46)68-40(26(61)19(32)54)76-34-13(6-48)70-42(28(63)21(34)56)77-35-14(7-49)69-41(27(62)20(35)55)75-33-12(5-47)67-39(25(60)18(33)53)73-31-10(3-45)65-37(71-29)23(58)16(31)51;16-9-3-1-8(2-4-9)11-7-20-13-6-10(17)5-12(18)14(13)15(11)19/h8-63H,1-7H2;1-7,16-18H/t8-,9-,10-,11-,12-,13-,14-,15-,16-,17-,18-,19-,20-,21-,22-,23-,24-,25-,26-,27-,28-,29-,30-,31-,32-,33-,34-,35-,36-,37-,38-,39-,40-,41-,42-;/m1./s1. The quantitative estimate of drug-likeness (QED) is 0.0996. The molecule has 14 bridgehead atoms. The van der Waals surface area contributed by atoms with Gasteiger partial charge in [-0.1, -0.05) is 12.1 Å². The van der Waals surface area contributed by atoms with E-state index >= 15 is 0 Å². The van der Waals surface area contributed by atoms with E-state index < -0.39 is 267 Å². The van der Waals surface area contributed by atoms with Gasteiger partial charge in [0.2, 0.25) is 5.43 Å². The first-order chi connectivity index (χ1) is 46.2. The molecule has 40 nitrogen and oxygen atoms in total. The van der Waals surface area contributed by atoms with E-state index in [0.717, 1.165) is 6.07 Å². The molecule has 1 aromatic heterocycles. The molecule has 97 heavy (non-hydrogen) atoms. The molecule has 21 fully saturated rings. The molecule has 21 aliphatic rings. The van der Waals surface area contributed by atoms with Gasteiger partial charge in [-0.2, -0.15) is 0 Å². The van der Waals surface area contributed by atoms with Gasteiger partial charge < -0.3 is 193 Å². The Kier molecular flexibility index (Phi) is 24.8. The normalized spacial score (nSPS) is 46.2. The van der Waals surface area contributed by atoms with E-state index in [4.69, 9.17) is 70.7 Å². The second-order valence-electron chi connectivity index (χ2n) is 24.0. The van der Waals surface area contributed by atoms with Crippen LogP contribution >= 0.6 is 0 Å². The number of hydrogen-bond acceptors (Lipinski definition) is 40. The summed E-state index contributed by atoms with van der Waals surface area (Å²) >= 11 is 0. The zero-order chi connectivity index (χ0) is 70.3. The molecule has 35 atom stereocenters. The van der Waals surface area contributed by atoms with Gasteiger partial charge >= 0.3 is 0 Å². The Hall–Kier alpha value is -4.35. The summed E-state index contributed by atoms with van der Waals surface area (Å²) in [5.74, 6) is -0.434. The highest BCUT2D eigenvalue weighted by molar-refractivity contribution is 5.88. The van der Waals surface area contributed by atoms with Crippen LogP contribution in [0.5, 0.6) is 17.2 Å². The Bertz CT molecular complexity index is 2690. The van der Waals surface area contributed by atoms with Crippen LogP contribution < -0.4 is 5.43 Å². The van der Waals surface area contributed by atoms with Crippen LogP contribution in [-0.4, -0.2) is 384 Å². The van der Waals surface area contributed by atoms with Gasteiger partial charge in [-0.15, -0.1) is 0 Å². The Labute approximate surface area is 545 Å². The molecule has 0 spiro atoms. The number of aliphatic hydroxyl groups excluding tert-OH is 21. The van der Waals surface area contributed by atoms with Gasteiger partial charge in [0.25, 0.3) is 0 Å². The Balaban J connectivity index is 0.000000432. The van der Waals surface area contributed by atoms with Crippen molar-refractivity contribution in [3.05, 3.63) is 52.9 Å². The molecule has 3 aromatic rings. The van der Waals surface area contributed by atoms with Crippen LogP contribution in [0.2, 0.25) is 0 Å². The zero-order valence-electron chi connectivity index (χ0n) is 50.5. The van der Waals surface area contributed by atoms with E-state index in [9.17, 15) is 127 Å². The topological polar surface area (TPSA) is 645 Å². The highest BCUT2D eigenvalue weighted by Crippen LogP contribution is 2.40. The first-order valence-corrected chi connectivity index (χ1v) is 30.4. The van der Waals surface area contributed by atoms with E-state index in [1.54, 1.807) is 12.1 Å². The summed E-state index contributed by atoms with van der Waals surface area (Å²) in [6.45, 7) is -7.33. The molecular weight excluding hydrogens is 1320 g/mol. The fourth-order valence-corrected chi connectivity index (χ4v) is 12.5. The lowest BCUT2D eigenvalue weighted by Gasteiger charge is -2.50. The fourth-order valence-electron chi connectivity index (χ4n) is 12.5. The van der Waals surface area contributed by atoms with E-state index in [-0.39, 0.29) is 33.8 Å². The molecule has 21 aliphatic heterocycles. The van der Waals surface area contributed by atoms with E-state index in [2.05, 4.69) is 0 Å². The largest absolute Gasteiger partial charge is 0.508 e. The summed E-state index contributed by atoms with van der Waals surface area (Å²) in [4.78, 5) is 12.4. The molecule has 0 aliphatic carbocycles. The molecule has 22 heterocycles. The molecule has 0 amide bonds. The van der Waals surface area contributed by atoms with Crippen molar-refractivity contribution in [1.29, 1.82) is 0 Å². The van der Waals surface area contributed by atoms with E-state index in [1.807, 2.05) is 0 Å². The van der Waals surface area contributed by atoms with Crippen LogP contribution in [0.1, 0.15) is 0 Å². The Morgan fingerprint density at radius 2 is 0.515 bits per heavy atom. The molecule has 24 rings (SSSR count). The Morgan fingerprint density at radius 3 is 0.732 bits per heavy atom. The maximum atomic E-state index is 12.4. The van der Waals surface area contributed by atoms with Crippen LogP contribution in [-0.2, 0) is 66.3 Å². The molecule has 548 valence electrons. The molecular formula is C57H80O40. The number of ether oxygens (including phenoxy) is 14. The van der Waals surface area contributed by atoms with Crippen molar-refractivity contribution < 1.29 is 193 Å². The first kappa shape index (κ1) is 75.3. The maximum Gasteiger partial charge on any atom is 0.204 e. The van der Waals surface area contributed by atoms with Gasteiger partial charge in [-0.3, -0.25) is 4.79 Å². The average Bonchev–Trinajstić information content (AvgIpc) is 0.799. The molecule has 24 N–H and O–H groups in total. The van der Waals surface area contributed by atoms with Crippen molar-refractivity contribution in [3.63, 3.8) is 0 Å². The number of benzene rings is 2. The average molecular weight is 1410 g/mol. The predicted octanol–water partition coefficient (Wildman–Crippen LogP) is -12.7. The highest BCUT2D eigenvalue weighted by Gasteiger charge is 2.59. The third-order valence-electron chi connectivity index (χ3n) is 17.8. The lowest BCUT2D eigenvalue weighted by Crippen LogP contribution is -2.68. The number of aliphatic hydroxyl groups is 21. The molecule has 0 unspecified atom stereocenters. The number of hydrogen-bond donors (Lipinski definition) is 24. The third-order valence-corrected chi connectivity index (χ3v) is 17.8. The fraction of sp³-hybridized carbons (Fsp3) is 0.737. The number of phenols is 3. The van der Waals surface area contributed by atoms with Crippen LogP contribution in [0.25, 0.3) is 22.1 Å². The van der Waals surface area contributed by atoms with Gasteiger partial charge in [0.05, 0.1) is 51.8 Å². The summed E-state index contributed by atoms with van der Waals surface area (Å²) < 4.78 is 84.7. The minimum absolute atomic E-state index is 0.00775. The van der Waals surface area contributed by atoms with E-state index in [1.165, 1.54) is 24.5 Å². The Morgan fingerprint density at radius 1 is 0.289 bits per heavy atom. The van der Waals surface area contributed by atoms with Crippen molar-refractivity contribution in [2.75, 3.05) is 46.2 Å². The van der Waals surface area contributed by atoms with Gasteiger partial charge in [-0.25, -0.2) is 0 Å². The van der Waals surface area contributed by atoms with Crippen molar-refractivity contribution in [1.82, 2.24) is 0 Å². The lowest BCUT2D eigenvalue weighted by atomic mass is 9.95.